The molecule has 0 bridgehead atoms. The summed E-state index contributed by atoms with van der Waals surface area (Å²) in [5, 5.41) is 24.2. The predicted molar refractivity (Wildman–Crippen MR) is 92.6 cm³/mol. The van der Waals surface area contributed by atoms with Crippen LogP contribution in [0.5, 0.6) is 0 Å². The maximum Gasteiger partial charge on any atom is 0.328 e. The first-order valence-electron chi connectivity index (χ1n) is 8.79. The minimum Gasteiger partial charge on any atom is -0.478 e. The third-order valence-electron chi connectivity index (χ3n) is 3.38. The molecule has 0 aromatic heterocycles. The molecule has 23 heavy (non-hydrogen) atoms. The van der Waals surface area contributed by atoms with E-state index in [9.17, 15) is 9.59 Å². The van der Waals surface area contributed by atoms with Gasteiger partial charge >= 0.3 is 11.9 Å². The zero-order chi connectivity index (χ0) is 17.8. The van der Waals surface area contributed by atoms with Gasteiger partial charge in [0.25, 0.3) is 0 Å². The SMILES string of the molecule is CCCCCCCCCCCCCCO.O=C(O)/C=C\C(=O)O. The highest BCUT2D eigenvalue weighted by Crippen LogP contribution is 2.11. The fraction of sp³-hybridized carbons (Fsp3) is 0.778. The zero-order valence-corrected chi connectivity index (χ0v) is 14.5. The Balaban J connectivity index is 0. The van der Waals surface area contributed by atoms with Gasteiger partial charge in [-0.05, 0) is 6.42 Å². The van der Waals surface area contributed by atoms with E-state index in [4.69, 9.17) is 15.3 Å². The fourth-order valence-electron chi connectivity index (χ4n) is 2.10. The van der Waals surface area contributed by atoms with E-state index in [-0.39, 0.29) is 0 Å². The molecule has 0 aromatic rings. The molecule has 0 unspecified atom stereocenters. The first-order valence-corrected chi connectivity index (χ1v) is 8.79. The number of unbranched alkanes of at least 4 members (excludes halogenated alkanes) is 11. The lowest BCUT2D eigenvalue weighted by molar-refractivity contribution is -0.134. The summed E-state index contributed by atoms with van der Waals surface area (Å²) in [7, 11) is 0. The molecule has 0 rings (SSSR count). The number of hydrogen-bond donors (Lipinski definition) is 3. The largest absolute Gasteiger partial charge is 0.478 e. The van der Waals surface area contributed by atoms with Crippen molar-refractivity contribution < 1.29 is 24.9 Å². The normalized spacial score (nSPS) is 10.3. The predicted octanol–water partition coefficient (Wildman–Crippen LogP) is 4.39. The number of aliphatic hydroxyl groups excluding tert-OH is 1. The maximum atomic E-state index is 9.55. The topological polar surface area (TPSA) is 94.8 Å². The van der Waals surface area contributed by atoms with E-state index in [0.717, 1.165) is 6.42 Å². The highest BCUT2D eigenvalue weighted by atomic mass is 16.4. The van der Waals surface area contributed by atoms with Crippen LogP contribution in [-0.2, 0) is 9.59 Å². The van der Waals surface area contributed by atoms with Gasteiger partial charge in [0, 0.05) is 18.8 Å². The van der Waals surface area contributed by atoms with Gasteiger partial charge in [-0.2, -0.15) is 0 Å². The fourth-order valence-corrected chi connectivity index (χ4v) is 2.10. The van der Waals surface area contributed by atoms with E-state index < -0.39 is 11.9 Å². The van der Waals surface area contributed by atoms with Crippen LogP contribution in [0.15, 0.2) is 12.2 Å². The Kier molecular flexibility index (Phi) is 21.4. The number of carboxylic acid groups (broad SMARTS) is 2. The van der Waals surface area contributed by atoms with Crippen molar-refractivity contribution in [1.82, 2.24) is 0 Å². The Morgan fingerprint density at radius 1 is 0.652 bits per heavy atom. The van der Waals surface area contributed by atoms with Gasteiger partial charge in [-0.3, -0.25) is 0 Å². The summed E-state index contributed by atoms with van der Waals surface area (Å²) >= 11 is 0. The Morgan fingerprint density at radius 2 is 0.957 bits per heavy atom. The van der Waals surface area contributed by atoms with Crippen molar-refractivity contribution in [3.63, 3.8) is 0 Å². The summed E-state index contributed by atoms with van der Waals surface area (Å²) in [6.45, 7) is 2.64. The second kappa shape index (κ2) is 20.6. The van der Waals surface area contributed by atoms with Crippen LogP contribution in [0.3, 0.4) is 0 Å². The summed E-state index contributed by atoms with van der Waals surface area (Å²) in [4.78, 5) is 19.1. The molecule has 0 heterocycles. The summed E-state index contributed by atoms with van der Waals surface area (Å²) in [5.41, 5.74) is 0. The van der Waals surface area contributed by atoms with Gasteiger partial charge in [0.1, 0.15) is 0 Å². The zero-order valence-electron chi connectivity index (χ0n) is 14.5. The van der Waals surface area contributed by atoms with Crippen LogP contribution in [0.25, 0.3) is 0 Å². The van der Waals surface area contributed by atoms with E-state index in [0.29, 0.717) is 18.8 Å². The molecule has 0 aromatic carbocycles. The third-order valence-corrected chi connectivity index (χ3v) is 3.38. The van der Waals surface area contributed by atoms with Crippen molar-refractivity contribution in [2.24, 2.45) is 0 Å². The molecule has 5 nitrogen and oxygen atoms in total. The smallest absolute Gasteiger partial charge is 0.328 e. The van der Waals surface area contributed by atoms with Gasteiger partial charge in [-0.1, -0.05) is 77.6 Å². The molecule has 0 spiro atoms. The molecule has 0 atom stereocenters. The highest BCUT2D eigenvalue weighted by molar-refractivity contribution is 5.89. The van der Waals surface area contributed by atoms with E-state index in [2.05, 4.69) is 6.92 Å². The summed E-state index contributed by atoms with van der Waals surface area (Å²) in [6, 6.07) is 0. The van der Waals surface area contributed by atoms with Crippen LogP contribution in [0.1, 0.15) is 84.0 Å². The number of carboxylic acids is 2. The third kappa shape index (κ3) is 29.3. The molecule has 5 heteroatoms. The van der Waals surface area contributed by atoms with Gasteiger partial charge in [0.15, 0.2) is 0 Å². The lowest BCUT2D eigenvalue weighted by Gasteiger charge is -2.01. The molecular formula is C18H34O5. The number of carbonyl (C=O) groups is 2. The number of hydrogen-bond acceptors (Lipinski definition) is 3. The van der Waals surface area contributed by atoms with Crippen molar-refractivity contribution >= 4 is 11.9 Å². The Bertz CT molecular complexity index is 272. The summed E-state index contributed by atoms with van der Waals surface area (Å²) < 4.78 is 0. The molecule has 0 fully saturated rings. The van der Waals surface area contributed by atoms with Crippen LogP contribution in [0.4, 0.5) is 0 Å². The van der Waals surface area contributed by atoms with Crippen LogP contribution in [0.2, 0.25) is 0 Å². The standard InChI is InChI=1S/C14H30O.C4H4O4/c1-2-3-4-5-6-7-8-9-10-11-12-13-14-15;5-3(6)1-2-4(7)8/h15H,2-14H2,1H3;1-2H,(H,5,6)(H,7,8)/b;2-1-. The van der Waals surface area contributed by atoms with Crippen LogP contribution >= 0.6 is 0 Å². The van der Waals surface area contributed by atoms with Gasteiger partial charge < -0.3 is 15.3 Å². The molecule has 0 radical (unpaired) electrons. The van der Waals surface area contributed by atoms with Gasteiger partial charge in [-0.25, -0.2) is 9.59 Å². The average Bonchev–Trinajstić information content (AvgIpc) is 2.51. The minimum absolute atomic E-state index is 0.372. The first-order chi connectivity index (χ1) is 11.0. The molecule has 0 aliphatic carbocycles. The Hall–Kier alpha value is -1.36. The lowest BCUT2D eigenvalue weighted by atomic mass is 10.1. The molecule has 136 valence electrons. The molecular weight excluding hydrogens is 296 g/mol. The molecule has 0 amide bonds. The monoisotopic (exact) mass is 330 g/mol. The van der Waals surface area contributed by atoms with Crippen molar-refractivity contribution in [3.05, 3.63) is 12.2 Å². The van der Waals surface area contributed by atoms with E-state index >= 15 is 0 Å². The van der Waals surface area contributed by atoms with Crippen molar-refractivity contribution in [2.75, 3.05) is 6.61 Å². The van der Waals surface area contributed by atoms with E-state index in [1.54, 1.807) is 0 Å². The number of aliphatic hydroxyl groups is 1. The lowest BCUT2D eigenvalue weighted by Crippen LogP contribution is -1.91. The Labute approximate surface area is 140 Å². The van der Waals surface area contributed by atoms with Gasteiger partial charge in [0.05, 0.1) is 0 Å². The second-order valence-electron chi connectivity index (χ2n) is 5.62. The van der Waals surface area contributed by atoms with E-state index in [1.165, 1.54) is 70.6 Å². The van der Waals surface area contributed by atoms with E-state index in [1.807, 2.05) is 0 Å². The minimum atomic E-state index is -1.26. The van der Waals surface area contributed by atoms with Gasteiger partial charge in [0.2, 0.25) is 0 Å². The average molecular weight is 330 g/mol. The summed E-state index contributed by atoms with van der Waals surface area (Å²) in [6.07, 6.45) is 17.4. The molecule has 3 N–H and O–H groups in total. The number of rotatable bonds is 14. The van der Waals surface area contributed by atoms with Crippen LogP contribution < -0.4 is 0 Å². The molecule has 0 aliphatic rings. The van der Waals surface area contributed by atoms with Gasteiger partial charge in [-0.15, -0.1) is 0 Å². The van der Waals surface area contributed by atoms with Crippen LogP contribution in [-0.4, -0.2) is 33.9 Å². The van der Waals surface area contributed by atoms with Crippen molar-refractivity contribution in [1.29, 1.82) is 0 Å². The quantitative estimate of drug-likeness (QED) is 0.324. The molecule has 0 saturated heterocycles. The van der Waals surface area contributed by atoms with Crippen molar-refractivity contribution in [3.8, 4) is 0 Å². The van der Waals surface area contributed by atoms with Crippen LogP contribution in [0, 0.1) is 0 Å². The first kappa shape index (κ1) is 23.9. The molecule has 0 aliphatic heterocycles. The maximum absolute atomic E-state index is 9.55. The number of aliphatic carboxylic acids is 2. The van der Waals surface area contributed by atoms with Crippen molar-refractivity contribution in [2.45, 2.75) is 84.0 Å². The summed E-state index contributed by atoms with van der Waals surface area (Å²) in [5.74, 6) is -2.51. The highest BCUT2D eigenvalue weighted by Gasteiger charge is 1.92. The Morgan fingerprint density at radius 3 is 1.22 bits per heavy atom. The second-order valence-corrected chi connectivity index (χ2v) is 5.62. The molecule has 0 saturated carbocycles.